The molecule has 536 valence electrons. The third-order valence-corrected chi connectivity index (χ3v) is 18.8. The fraction of sp³-hybridized carbons (Fsp3) is 0.233. The van der Waals surface area contributed by atoms with E-state index in [9.17, 15) is 42.3 Å². The van der Waals surface area contributed by atoms with Crippen molar-refractivity contribution in [2.75, 3.05) is 89.6 Å². The molecule has 8 aliphatic rings. The first-order chi connectivity index (χ1) is 51.7. The first-order valence-corrected chi connectivity index (χ1v) is 33.2. The van der Waals surface area contributed by atoms with Gasteiger partial charge in [0.2, 0.25) is 45.9 Å². The van der Waals surface area contributed by atoms with Crippen LogP contribution in [0.1, 0.15) is 57.1 Å². The maximum Gasteiger partial charge on any atom is 0.274 e. The van der Waals surface area contributed by atoms with E-state index in [1.807, 2.05) is 79.0 Å². The van der Waals surface area contributed by atoms with Crippen LogP contribution in [0.25, 0.3) is 22.0 Å². The molecule has 4 fully saturated rings. The number of benzene rings is 4. The molecule has 32 nitrogen and oxygen atoms in total. The number of para-hydroxylation sites is 2. The second kappa shape index (κ2) is 28.4. The van der Waals surface area contributed by atoms with E-state index in [1.54, 1.807) is 30.5 Å². The zero-order chi connectivity index (χ0) is 74.8. The largest absolute Gasteiger partial charge is 0.457 e. The Kier molecular flexibility index (Phi) is 18.4. The Balaban J connectivity index is 0.000000120. The highest BCUT2D eigenvalue weighted by atomic mass is 19.1. The number of halogens is 2. The Morgan fingerprint density at radius 1 is 0.467 bits per heavy atom. The number of carbonyl (C=O) groups excluding carboxylic acids is 7. The summed E-state index contributed by atoms with van der Waals surface area (Å²) in [6.07, 6.45) is 13.2. The quantitative estimate of drug-likeness (QED) is 0.0794. The third-order valence-electron chi connectivity index (χ3n) is 18.8. The van der Waals surface area contributed by atoms with Gasteiger partial charge in [-0.05, 0) is 103 Å². The average molecular weight is 1440 g/mol. The number of aryl methyl sites for hydroxylation is 1. The molecule has 4 saturated heterocycles. The number of anilines is 7. The monoisotopic (exact) mass is 1440 g/mol. The summed E-state index contributed by atoms with van der Waals surface area (Å²) >= 11 is 0. The van der Waals surface area contributed by atoms with Gasteiger partial charge in [-0.15, -0.1) is 0 Å². The molecule has 0 radical (unpaired) electrons. The maximum absolute atomic E-state index is 13.7. The molecule has 107 heavy (non-hydrogen) atoms. The molecule has 5 aromatic heterocycles. The number of pyridine rings is 4. The van der Waals surface area contributed by atoms with Crippen molar-refractivity contribution in [3.05, 3.63) is 181 Å². The summed E-state index contributed by atoms with van der Waals surface area (Å²) in [4.78, 5) is 110. The van der Waals surface area contributed by atoms with Gasteiger partial charge in [0.1, 0.15) is 51.5 Å². The highest BCUT2D eigenvalue weighted by molar-refractivity contribution is 6.08. The van der Waals surface area contributed by atoms with Gasteiger partial charge in [0.15, 0.2) is 24.8 Å². The summed E-state index contributed by atoms with van der Waals surface area (Å²) in [6, 6.07) is 37.0. The molecule has 8 aliphatic heterocycles. The lowest BCUT2D eigenvalue weighted by molar-refractivity contribution is -0.132. The number of likely N-dealkylation sites (tertiary alicyclic amines) is 4. The number of hydrogen-bond donors (Lipinski definition) is 7. The van der Waals surface area contributed by atoms with E-state index < -0.39 is 45.9 Å². The standard InChI is InChI=1S/C19H16N6O2.2C18H14FN5O3.C18H15N5O3/c1-24-16-4-2-3-13(14(16)9-22-24)12-7-15-17(21-8-12)27-19(18(26)23-15)5-6-25(10-19)11-20;19-11-1-3-12(4-2-11)21-15(25)13-5-6-14-16(22-13)27-18(17(26)23-14)7-8-24(9-18)10-20;19-11-3-1-2-4-12(11)21-15(25)13-5-6-14-16(22-13)27-18(17(26)23-14)7-8-24(9-18)10-20;19-11-23-9-8-18(10-23)17(25)22-14-7-6-13(21-16(14)26-18)15(24)20-12-4-2-1-3-5-12/h2-4,7-9H,5-6,10H2,1H3,(H,23,26);2*1-6H,7-9H2,(H,21,25)(H,23,26);1-7H,8-10H2,(H,20,24)(H,22,25)/t;18-;;/m.0../s1. The minimum absolute atomic E-state index is 0.0124. The van der Waals surface area contributed by atoms with Crippen LogP contribution in [0.5, 0.6) is 23.5 Å². The van der Waals surface area contributed by atoms with E-state index in [4.69, 9.17) is 40.0 Å². The van der Waals surface area contributed by atoms with Crippen LogP contribution in [0.15, 0.2) is 152 Å². The van der Waals surface area contributed by atoms with Crippen LogP contribution in [0, 0.1) is 57.5 Å². The molecule has 34 heteroatoms. The summed E-state index contributed by atoms with van der Waals surface area (Å²) in [6.45, 7) is 2.39. The normalized spacial score (nSPS) is 20.7. The fourth-order valence-electron chi connectivity index (χ4n) is 13.0. The minimum Gasteiger partial charge on any atom is -0.457 e. The minimum atomic E-state index is -1.21. The Morgan fingerprint density at radius 2 is 0.879 bits per heavy atom. The molecule has 3 unspecified atom stereocenters. The van der Waals surface area contributed by atoms with E-state index >= 15 is 0 Å². The van der Waals surface area contributed by atoms with E-state index in [1.165, 1.54) is 92.4 Å². The highest BCUT2D eigenvalue weighted by Gasteiger charge is 2.54. The Labute approximate surface area is 606 Å². The number of nitrogens with one attached hydrogen (secondary N) is 7. The van der Waals surface area contributed by atoms with Crippen LogP contribution in [0.3, 0.4) is 0 Å². The molecule has 7 amide bonds. The Hall–Kier alpha value is -14.5. The van der Waals surface area contributed by atoms with Crippen molar-refractivity contribution in [1.82, 2.24) is 49.3 Å². The smallest absolute Gasteiger partial charge is 0.274 e. The molecular weight excluding hydrogens is 1380 g/mol. The lowest BCUT2D eigenvalue weighted by Gasteiger charge is -2.33. The highest BCUT2D eigenvalue weighted by Crippen LogP contribution is 2.43. The number of fused-ring (bicyclic) bond motifs is 5. The van der Waals surface area contributed by atoms with Crippen molar-refractivity contribution < 1.29 is 61.3 Å². The summed E-state index contributed by atoms with van der Waals surface area (Å²) in [5.74, 6) is -2.87. The number of nitriles is 4. The van der Waals surface area contributed by atoms with Gasteiger partial charge in [0.25, 0.3) is 41.4 Å². The molecule has 9 aromatic rings. The maximum atomic E-state index is 13.7. The predicted molar refractivity (Wildman–Crippen MR) is 375 cm³/mol. The molecule has 17 rings (SSSR count). The van der Waals surface area contributed by atoms with E-state index in [0.29, 0.717) is 91.9 Å². The van der Waals surface area contributed by atoms with Crippen molar-refractivity contribution in [2.45, 2.75) is 48.1 Å². The molecule has 0 saturated carbocycles. The van der Waals surface area contributed by atoms with Gasteiger partial charge in [0.05, 0.1) is 43.6 Å². The first kappa shape index (κ1) is 69.5. The van der Waals surface area contributed by atoms with Crippen molar-refractivity contribution >= 4 is 92.1 Å². The molecule has 4 aromatic carbocycles. The van der Waals surface area contributed by atoms with Crippen molar-refractivity contribution in [3.63, 3.8) is 0 Å². The van der Waals surface area contributed by atoms with Gasteiger partial charge in [-0.3, -0.25) is 38.2 Å². The molecule has 13 heterocycles. The van der Waals surface area contributed by atoms with Gasteiger partial charge >= 0.3 is 0 Å². The first-order valence-electron chi connectivity index (χ1n) is 33.2. The van der Waals surface area contributed by atoms with Crippen LogP contribution in [-0.4, -0.2) is 165 Å². The van der Waals surface area contributed by atoms with Gasteiger partial charge in [-0.25, -0.2) is 28.7 Å². The Morgan fingerprint density at radius 3 is 1.32 bits per heavy atom. The lowest BCUT2D eigenvalue weighted by Crippen LogP contribution is -2.52. The lowest BCUT2D eigenvalue weighted by atomic mass is 9.99. The molecule has 4 spiro atoms. The summed E-state index contributed by atoms with van der Waals surface area (Å²) in [5, 5.41) is 60.4. The fourth-order valence-corrected chi connectivity index (χ4v) is 13.0. The molecule has 0 bridgehead atoms. The Bertz CT molecular complexity index is 5320. The topological polar surface area (TPSA) is 418 Å². The summed E-state index contributed by atoms with van der Waals surface area (Å²) in [5.41, 5.74) is 1.32. The molecular formula is C73H59F2N21O11. The van der Waals surface area contributed by atoms with E-state index in [0.717, 1.165) is 22.0 Å². The third kappa shape index (κ3) is 13.9. The van der Waals surface area contributed by atoms with Crippen LogP contribution in [0.4, 0.5) is 48.6 Å². The van der Waals surface area contributed by atoms with Crippen LogP contribution in [-0.2, 0) is 26.2 Å². The van der Waals surface area contributed by atoms with Crippen LogP contribution < -0.4 is 56.2 Å². The molecule has 7 N–H and O–H groups in total. The summed E-state index contributed by atoms with van der Waals surface area (Å²) < 4.78 is 52.0. The SMILES string of the molecule is Cn1ncc2c(-c3cnc4c(c3)NC(=O)C3(CCN(C#N)C3)O4)cccc21.N#CN1CCC2(C1)Oc1nc(C(=O)Nc3ccccc3)ccc1NC2=O.N#CN1CCC2(C1)Oc1nc(C(=O)Nc3ccccc3F)ccc1NC2=O.N#CN1CC[C@@]2(C1)Oc1nc(C(=O)Nc3ccc(F)cc3)ccc1NC2=O. The van der Waals surface area contributed by atoms with Crippen LogP contribution >= 0.6 is 0 Å². The number of amides is 7. The van der Waals surface area contributed by atoms with Crippen molar-refractivity contribution in [3.8, 4) is 59.4 Å². The number of rotatable bonds is 7. The number of carbonyl (C=O) groups is 7. The van der Waals surface area contributed by atoms with Crippen molar-refractivity contribution in [2.24, 2.45) is 7.05 Å². The van der Waals surface area contributed by atoms with E-state index in [2.05, 4.69) is 68.4 Å². The number of aromatic nitrogens is 6. The van der Waals surface area contributed by atoms with Gasteiger partial charge in [0, 0.05) is 87.4 Å². The predicted octanol–water partition coefficient (Wildman–Crippen LogP) is 6.94. The number of ether oxygens (including phenoxy) is 4. The molecule has 0 aliphatic carbocycles. The van der Waals surface area contributed by atoms with E-state index in [-0.39, 0.29) is 96.1 Å². The zero-order valence-electron chi connectivity index (χ0n) is 56.4. The van der Waals surface area contributed by atoms with Crippen LogP contribution in [0.2, 0.25) is 0 Å². The number of hydrogen-bond acceptors (Lipinski definition) is 24. The van der Waals surface area contributed by atoms with Gasteiger partial charge in [-0.1, -0.05) is 42.5 Å². The second-order valence-corrected chi connectivity index (χ2v) is 25.7. The van der Waals surface area contributed by atoms with Crippen molar-refractivity contribution in [1.29, 1.82) is 21.0 Å². The molecule has 4 atom stereocenters. The zero-order valence-corrected chi connectivity index (χ0v) is 56.4. The van der Waals surface area contributed by atoms with Gasteiger partial charge in [-0.2, -0.15) is 26.1 Å². The summed E-state index contributed by atoms with van der Waals surface area (Å²) in [7, 11) is 1.90. The average Bonchev–Trinajstić information content (AvgIpc) is 1.75. The second-order valence-electron chi connectivity index (χ2n) is 25.7. The van der Waals surface area contributed by atoms with Gasteiger partial charge < -0.3 is 75.8 Å². The number of nitrogens with zero attached hydrogens (tertiary/aromatic N) is 14.